The molecule has 0 aliphatic carbocycles. The molecule has 0 unspecified atom stereocenters. The van der Waals surface area contributed by atoms with Crippen molar-refractivity contribution in [1.29, 1.82) is 0 Å². The first-order valence-electron chi connectivity index (χ1n) is 5.66. The Morgan fingerprint density at radius 3 is 2.65 bits per heavy atom. The van der Waals surface area contributed by atoms with E-state index in [4.69, 9.17) is 5.73 Å². The predicted molar refractivity (Wildman–Crippen MR) is 69.8 cm³/mol. The monoisotopic (exact) mass is 272 g/mol. The molecule has 2 heterocycles. The molecule has 8 heteroatoms. The molecule has 3 rings (SSSR count). The SMILES string of the molecule is NC(=O)N(c1ccc(F)cc1)c1ncnc2[nH]cnc12. The molecule has 2 amide bonds. The Labute approximate surface area is 112 Å². The van der Waals surface area contributed by atoms with Crippen LogP contribution in [0.5, 0.6) is 0 Å². The Balaban J connectivity index is 2.18. The number of nitrogens with one attached hydrogen (secondary N) is 1. The molecule has 20 heavy (non-hydrogen) atoms. The van der Waals surface area contributed by atoms with Crippen molar-refractivity contribution >= 4 is 28.7 Å². The molecular weight excluding hydrogens is 263 g/mol. The summed E-state index contributed by atoms with van der Waals surface area (Å²) in [5, 5.41) is 0. The third-order valence-electron chi connectivity index (χ3n) is 2.71. The average molecular weight is 272 g/mol. The summed E-state index contributed by atoms with van der Waals surface area (Å²) in [6.07, 6.45) is 2.72. The molecule has 0 fully saturated rings. The van der Waals surface area contributed by atoms with Gasteiger partial charge in [0.25, 0.3) is 0 Å². The lowest BCUT2D eigenvalue weighted by Gasteiger charge is -2.19. The van der Waals surface area contributed by atoms with E-state index in [2.05, 4.69) is 19.9 Å². The highest BCUT2D eigenvalue weighted by Gasteiger charge is 2.20. The first kappa shape index (κ1) is 12.0. The minimum absolute atomic E-state index is 0.232. The molecule has 100 valence electrons. The molecule has 0 saturated heterocycles. The van der Waals surface area contributed by atoms with Gasteiger partial charge in [-0.15, -0.1) is 0 Å². The maximum atomic E-state index is 13.0. The predicted octanol–water partition coefficient (Wildman–Crippen LogP) is 1.71. The fourth-order valence-electron chi connectivity index (χ4n) is 1.86. The lowest BCUT2D eigenvalue weighted by molar-refractivity contribution is 0.256. The maximum Gasteiger partial charge on any atom is 0.325 e. The third-order valence-corrected chi connectivity index (χ3v) is 2.71. The number of hydrogen-bond donors (Lipinski definition) is 2. The largest absolute Gasteiger partial charge is 0.351 e. The Bertz CT molecular complexity index is 769. The molecule has 0 bridgehead atoms. The van der Waals surface area contributed by atoms with Crippen LogP contribution >= 0.6 is 0 Å². The van der Waals surface area contributed by atoms with Gasteiger partial charge in [-0.3, -0.25) is 0 Å². The summed E-state index contributed by atoms with van der Waals surface area (Å²) >= 11 is 0. The third kappa shape index (κ3) is 1.92. The number of amides is 2. The lowest BCUT2D eigenvalue weighted by Crippen LogP contribution is -2.32. The number of carbonyl (C=O) groups excluding carboxylic acids is 1. The highest BCUT2D eigenvalue weighted by atomic mass is 19.1. The van der Waals surface area contributed by atoms with Crippen LogP contribution in [-0.4, -0.2) is 26.0 Å². The van der Waals surface area contributed by atoms with Gasteiger partial charge in [0.15, 0.2) is 17.0 Å². The van der Waals surface area contributed by atoms with Gasteiger partial charge in [-0.2, -0.15) is 0 Å². The number of H-pyrrole nitrogens is 1. The van der Waals surface area contributed by atoms with Crippen molar-refractivity contribution < 1.29 is 9.18 Å². The Hall–Kier alpha value is -3.03. The molecule has 0 atom stereocenters. The maximum absolute atomic E-state index is 13.0. The van der Waals surface area contributed by atoms with Gasteiger partial charge in [0.1, 0.15) is 12.1 Å². The first-order chi connectivity index (χ1) is 9.66. The average Bonchev–Trinajstić information content (AvgIpc) is 2.90. The standard InChI is InChI=1S/C12H9FN6O/c13-7-1-3-8(4-2-7)19(12(14)20)11-9-10(16-5-15-9)17-6-18-11/h1-6H,(H2,14,20)(H,15,16,17,18). The number of nitrogens with two attached hydrogens (primary N) is 1. The van der Waals surface area contributed by atoms with Gasteiger partial charge < -0.3 is 10.7 Å². The lowest BCUT2D eigenvalue weighted by atomic mass is 10.3. The van der Waals surface area contributed by atoms with E-state index in [9.17, 15) is 9.18 Å². The van der Waals surface area contributed by atoms with E-state index in [-0.39, 0.29) is 5.82 Å². The number of primary amides is 1. The van der Waals surface area contributed by atoms with E-state index in [1.165, 1.54) is 36.9 Å². The van der Waals surface area contributed by atoms with Crippen molar-refractivity contribution in [2.45, 2.75) is 0 Å². The Morgan fingerprint density at radius 1 is 1.20 bits per heavy atom. The number of halogens is 1. The number of urea groups is 1. The Morgan fingerprint density at radius 2 is 1.95 bits per heavy atom. The zero-order chi connectivity index (χ0) is 14.1. The van der Waals surface area contributed by atoms with Crippen molar-refractivity contribution in [3.8, 4) is 0 Å². The number of imidazole rings is 1. The second-order valence-corrected chi connectivity index (χ2v) is 3.95. The second-order valence-electron chi connectivity index (χ2n) is 3.95. The van der Waals surface area contributed by atoms with Crippen LogP contribution in [0.1, 0.15) is 0 Å². The minimum atomic E-state index is -0.750. The van der Waals surface area contributed by atoms with Crippen LogP contribution < -0.4 is 10.6 Å². The van der Waals surface area contributed by atoms with Gasteiger partial charge in [-0.25, -0.2) is 29.0 Å². The summed E-state index contributed by atoms with van der Waals surface area (Å²) in [5.74, 6) is -0.180. The van der Waals surface area contributed by atoms with Crippen molar-refractivity contribution in [3.63, 3.8) is 0 Å². The van der Waals surface area contributed by atoms with Crippen LogP contribution in [0.25, 0.3) is 11.2 Å². The van der Waals surface area contributed by atoms with E-state index in [1.807, 2.05) is 0 Å². The quantitative estimate of drug-likeness (QED) is 0.741. The highest BCUT2D eigenvalue weighted by molar-refractivity contribution is 6.03. The number of carbonyl (C=O) groups is 1. The van der Waals surface area contributed by atoms with Gasteiger partial charge in [-0.05, 0) is 24.3 Å². The van der Waals surface area contributed by atoms with E-state index >= 15 is 0 Å². The highest BCUT2D eigenvalue weighted by Crippen LogP contribution is 2.27. The number of benzene rings is 1. The second kappa shape index (κ2) is 4.57. The van der Waals surface area contributed by atoms with Crippen molar-refractivity contribution in [2.24, 2.45) is 5.73 Å². The Kier molecular flexibility index (Phi) is 2.75. The van der Waals surface area contributed by atoms with E-state index < -0.39 is 11.8 Å². The number of aromatic nitrogens is 4. The first-order valence-corrected chi connectivity index (χ1v) is 5.66. The summed E-state index contributed by atoms with van der Waals surface area (Å²) < 4.78 is 13.0. The number of fused-ring (bicyclic) bond motifs is 1. The number of hydrogen-bond acceptors (Lipinski definition) is 4. The molecular formula is C12H9FN6O. The molecule has 1 aromatic carbocycles. The van der Waals surface area contributed by atoms with Crippen molar-refractivity contribution in [2.75, 3.05) is 4.90 Å². The normalized spacial score (nSPS) is 10.7. The molecule has 0 aliphatic heterocycles. The molecule has 0 aliphatic rings. The number of rotatable bonds is 2. The van der Waals surface area contributed by atoms with Crippen LogP contribution in [0.3, 0.4) is 0 Å². The molecule has 0 saturated carbocycles. The molecule has 7 nitrogen and oxygen atoms in total. The summed E-state index contributed by atoms with van der Waals surface area (Å²) in [4.78, 5) is 27.7. The minimum Gasteiger partial charge on any atom is -0.351 e. The summed E-state index contributed by atoms with van der Waals surface area (Å²) in [6.45, 7) is 0. The van der Waals surface area contributed by atoms with E-state index in [0.717, 1.165) is 4.90 Å². The zero-order valence-electron chi connectivity index (χ0n) is 10.1. The molecule has 0 spiro atoms. The molecule has 3 N–H and O–H groups in total. The fourth-order valence-corrected chi connectivity index (χ4v) is 1.86. The van der Waals surface area contributed by atoms with Gasteiger partial charge in [0.05, 0.1) is 12.0 Å². The topological polar surface area (TPSA) is 101 Å². The van der Waals surface area contributed by atoms with Gasteiger partial charge in [0.2, 0.25) is 0 Å². The van der Waals surface area contributed by atoms with Crippen LogP contribution in [0.2, 0.25) is 0 Å². The number of anilines is 2. The summed E-state index contributed by atoms with van der Waals surface area (Å²) in [5.41, 5.74) is 6.66. The molecule has 0 radical (unpaired) electrons. The van der Waals surface area contributed by atoms with Crippen LogP contribution in [0.4, 0.5) is 20.7 Å². The van der Waals surface area contributed by atoms with Crippen LogP contribution in [0.15, 0.2) is 36.9 Å². The van der Waals surface area contributed by atoms with Gasteiger partial charge >= 0.3 is 6.03 Å². The summed E-state index contributed by atoms with van der Waals surface area (Å²) in [6, 6.07) is 4.57. The van der Waals surface area contributed by atoms with Crippen LogP contribution in [-0.2, 0) is 0 Å². The van der Waals surface area contributed by atoms with Gasteiger partial charge in [-0.1, -0.05) is 0 Å². The number of aromatic amines is 1. The summed E-state index contributed by atoms with van der Waals surface area (Å²) in [7, 11) is 0. The van der Waals surface area contributed by atoms with Crippen molar-refractivity contribution in [1.82, 2.24) is 19.9 Å². The zero-order valence-corrected chi connectivity index (χ0v) is 10.1. The van der Waals surface area contributed by atoms with Crippen molar-refractivity contribution in [3.05, 3.63) is 42.7 Å². The van der Waals surface area contributed by atoms with Gasteiger partial charge in [0, 0.05) is 0 Å². The smallest absolute Gasteiger partial charge is 0.325 e. The van der Waals surface area contributed by atoms with E-state index in [1.54, 1.807) is 0 Å². The number of nitrogens with zero attached hydrogens (tertiary/aromatic N) is 4. The van der Waals surface area contributed by atoms with E-state index in [0.29, 0.717) is 16.9 Å². The molecule has 2 aromatic heterocycles. The molecule has 3 aromatic rings. The van der Waals surface area contributed by atoms with Crippen LogP contribution in [0, 0.1) is 5.82 Å². The fraction of sp³-hybridized carbons (Fsp3) is 0.